The van der Waals surface area contributed by atoms with Crippen molar-refractivity contribution in [2.24, 2.45) is 11.7 Å². The van der Waals surface area contributed by atoms with Crippen molar-refractivity contribution in [3.8, 4) is 11.3 Å². The standard InChI is InChI=1S/C20H17N5.C5H11N/c1-13-7-15-6-5-14(8-19(15)23-13)10-25-11-20(21-12-25)16-3-2-4-18-17(16)9-22-24-18;6-4-5-2-1-3-5/h2-9,11-12,23H,10H2,1H3,(H,22,24);5H,1-4,6H2. The second kappa shape index (κ2) is 8.40. The Bertz CT molecular complexity index is 1300. The van der Waals surface area contributed by atoms with Gasteiger partial charge in [0.2, 0.25) is 0 Å². The summed E-state index contributed by atoms with van der Waals surface area (Å²) < 4.78 is 2.12. The highest BCUT2D eigenvalue weighted by Gasteiger charge is 2.14. The van der Waals surface area contributed by atoms with Crippen LogP contribution in [0.15, 0.2) is 61.2 Å². The number of aromatic nitrogens is 5. The van der Waals surface area contributed by atoms with Gasteiger partial charge in [0.05, 0.1) is 23.7 Å². The van der Waals surface area contributed by atoms with Crippen LogP contribution in [0.3, 0.4) is 0 Å². The monoisotopic (exact) mass is 412 g/mol. The van der Waals surface area contributed by atoms with Crippen LogP contribution in [0.1, 0.15) is 30.5 Å². The lowest BCUT2D eigenvalue weighted by Crippen LogP contribution is -2.20. The predicted molar refractivity (Wildman–Crippen MR) is 126 cm³/mol. The van der Waals surface area contributed by atoms with E-state index in [0.29, 0.717) is 0 Å². The van der Waals surface area contributed by atoms with Crippen LogP contribution < -0.4 is 5.73 Å². The van der Waals surface area contributed by atoms with Crippen molar-refractivity contribution in [1.82, 2.24) is 24.7 Å². The molecule has 31 heavy (non-hydrogen) atoms. The molecule has 0 saturated heterocycles. The minimum atomic E-state index is 0.794. The Morgan fingerprint density at radius 2 is 2.03 bits per heavy atom. The van der Waals surface area contributed by atoms with Crippen molar-refractivity contribution in [2.45, 2.75) is 32.7 Å². The highest BCUT2D eigenvalue weighted by Crippen LogP contribution is 2.26. The van der Waals surface area contributed by atoms with Crippen molar-refractivity contribution in [1.29, 1.82) is 0 Å². The maximum absolute atomic E-state index is 5.33. The average Bonchev–Trinajstić information content (AvgIpc) is 3.45. The molecule has 158 valence electrons. The zero-order chi connectivity index (χ0) is 21.2. The van der Waals surface area contributed by atoms with Crippen LogP contribution in [0.2, 0.25) is 0 Å². The molecule has 1 aliphatic rings. The van der Waals surface area contributed by atoms with Crippen molar-refractivity contribution in [3.63, 3.8) is 0 Å². The molecule has 1 saturated carbocycles. The maximum atomic E-state index is 5.33. The van der Waals surface area contributed by atoms with E-state index in [9.17, 15) is 0 Å². The Hall–Kier alpha value is -3.38. The van der Waals surface area contributed by atoms with E-state index in [1.165, 1.54) is 41.4 Å². The molecule has 0 amide bonds. The average molecular weight is 413 g/mol. The highest BCUT2D eigenvalue weighted by atomic mass is 15.1. The first-order valence-corrected chi connectivity index (χ1v) is 10.9. The van der Waals surface area contributed by atoms with Gasteiger partial charge in [-0.25, -0.2) is 4.98 Å². The van der Waals surface area contributed by atoms with E-state index >= 15 is 0 Å². The van der Waals surface area contributed by atoms with Crippen molar-refractivity contribution < 1.29 is 0 Å². The van der Waals surface area contributed by atoms with E-state index in [1.54, 1.807) is 0 Å². The summed E-state index contributed by atoms with van der Waals surface area (Å²) >= 11 is 0. The Balaban J connectivity index is 0.000000296. The molecule has 0 aliphatic heterocycles. The lowest BCUT2D eigenvalue weighted by molar-refractivity contribution is 0.325. The Labute approximate surface area is 181 Å². The molecule has 5 aromatic rings. The Morgan fingerprint density at radius 3 is 2.81 bits per heavy atom. The Morgan fingerprint density at radius 1 is 1.13 bits per heavy atom. The number of hydrogen-bond donors (Lipinski definition) is 3. The van der Waals surface area contributed by atoms with E-state index in [1.807, 2.05) is 24.7 Å². The molecule has 6 heteroatoms. The Kier molecular flexibility index (Phi) is 5.30. The summed E-state index contributed by atoms with van der Waals surface area (Å²) in [5.74, 6) is 0.894. The molecule has 1 aliphatic carbocycles. The lowest BCUT2D eigenvalue weighted by Gasteiger charge is -2.22. The fraction of sp³-hybridized carbons (Fsp3) is 0.280. The number of nitrogens with two attached hydrogens (primary N) is 1. The maximum Gasteiger partial charge on any atom is 0.0956 e. The molecule has 6 nitrogen and oxygen atoms in total. The van der Waals surface area contributed by atoms with Gasteiger partial charge in [0.25, 0.3) is 0 Å². The van der Waals surface area contributed by atoms with Gasteiger partial charge in [0.15, 0.2) is 0 Å². The second-order valence-corrected chi connectivity index (χ2v) is 8.47. The molecule has 3 aromatic heterocycles. The third-order valence-corrected chi connectivity index (χ3v) is 6.14. The normalized spacial score (nSPS) is 13.9. The van der Waals surface area contributed by atoms with Gasteiger partial charge in [-0.15, -0.1) is 0 Å². The van der Waals surface area contributed by atoms with E-state index in [-0.39, 0.29) is 0 Å². The summed E-state index contributed by atoms with van der Waals surface area (Å²) in [5.41, 5.74) is 12.0. The third kappa shape index (κ3) is 4.11. The van der Waals surface area contributed by atoms with Crippen LogP contribution in [-0.2, 0) is 6.54 Å². The first kappa shape index (κ1) is 19.6. The summed E-state index contributed by atoms with van der Waals surface area (Å²) in [6, 6.07) is 14.8. The minimum absolute atomic E-state index is 0.794. The summed E-state index contributed by atoms with van der Waals surface area (Å²) in [6.45, 7) is 3.79. The van der Waals surface area contributed by atoms with E-state index in [2.05, 4.69) is 68.2 Å². The molecule has 4 N–H and O–H groups in total. The molecule has 0 unspecified atom stereocenters. The molecule has 3 heterocycles. The van der Waals surface area contributed by atoms with Crippen LogP contribution in [-0.4, -0.2) is 31.3 Å². The van der Waals surface area contributed by atoms with E-state index < -0.39 is 0 Å². The largest absolute Gasteiger partial charge is 0.359 e. The zero-order valence-electron chi connectivity index (χ0n) is 17.8. The molecule has 1 fully saturated rings. The molecule has 2 aromatic carbocycles. The number of H-pyrrole nitrogens is 2. The van der Waals surface area contributed by atoms with Crippen molar-refractivity contribution in [3.05, 3.63) is 72.4 Å². The smallest absolute Gasteiger partial charge is 0.0956 e. The minimum Gasteiger partial charge on any atom is -0.359 e. The summed E-state index contributed by atoms with van der Waals surface area (Å²) in [7, 11) is 0. The zero-order valence-corrected chi connectivity index (χ0v) is 17.8. The SMILES string of the molecule is Cc1cc2ccc(Cn3cnc(-c4cccc5[nH]ncc45)c3)cc2[nH]1.NCC1CCC1. The topological polar surface area (TPSA) is 88.3 Å². The molecule has 0 spiro atoms. The number of nitrogens with one attached hydrogen (secondary N) is 2. The van der Waals surface area contributed by atoms with Gasteiger partial charge < -0.3 is 15.3 Å². The fourth-order valence-corrected chi connectivity index (χ4v) is 4.13. The molecular weight excluding hydrogens is 384 g/mol. The van der Waals surface area contributed by atoms with Crippen LogP contribution in [0.5, 0.6) is 0 Å². The summed E-state index contributed by atoms with van der Waals surface area (Å²) in [4.78, 5) is 7.99. The number of fused-ring (bicyclic) bond motifs is 2. The third-order valence-electron chi connectivity index (χ3n) is 6.14. The van der Waals surface area contributed by atoms with Gasteiger partial charge in [-0.3, -0.25) is 5.10 Å². The quantitative estimate of drug-likeness (QED) is 0.388. The van der Waals surface area contributed by atoms with Gasteiger partial charge in [0.1, 0.15) is 0 Å². The fourth-order valence-electron chi connectivity index (χ4n) is 4.13. The van der Waals surface area contributed by atoms with Crippen LogP contribution in [0.25, 0.3) is 33.1 Å². The van der Waals surface area contributed by atoms with Gasteiger partial charge >= 0.3 is 0 Å². The summed E-state index contributed by atoms with van der Waals surface area (Å²) in [5, 5.41) is 9.48. The van der Waals surface area contributed by atoms with Crippen molar-refractivity contribution in [2.75, 3.05) is 6.54 Å². The first-order chi connectivity index (χ1) is 15.2. The number of aromatic amines is 2. The van der Waals surface area contributed by atoms with Gasteiger partial charge in [-0.2, -0.15) is 5.10 Å². The number of benzene rings is 2. The van der Waals surface area contributed by atoms with Gasteiger partial charge in [-0.1, -0.05) is 30.7 Å². The number of rotatable bonds is 4. The van der Waals surface area contributed by atoms with E-state index in [4.69, 9.17) is 5.73 Å². The number of aryl methyl sites for hydroxylation is 1. The van der Waals surface area contributed by atoms with E-state index in [0.717, 1.165) is 41.2 Å². The number of imidazole rings is 1. The molecule has 6 rings (SSSR count). The predicted octanol–water partition coefficient (Wildman–Crippen LogP) is 5.01. The summed E-state index contributed by atoms with van der Waals surface area (Å²) in [6.07, 6.45) is 10.0. The van der Waals surface area contributed by atoms with Gasteiger partial charge in [-0.05, 0) is 61.4 Å². The molecule has 0 radical (unpaired) electrons. The molecule has 0 atom stereocenters. The number of hydrogen-bond acceptors (Lipinski definition) is 3. The van der Waals surface area contributed by atoms with Crippen LogP contribution >= 0.6 is 0 Å². The lowest BCUT2D eigenvalue weighted by atomic mass is 9.86. The molecular formula is C25H28N6. The van der Waals surface area contributed by atoms with Crippen LogP contribution in [0, 0.1) is 12.8 Å². The van der Waals surface area contributed by atoms with Crippen molar-refractivity contribution >= 4 is 21.8 Å². The van der Waals surface area contributed by atoms with Gasteiger partial charge in [0, 0.05) is 34.9 Å². The second-order valence-electron chi connectivity index (χ2n) is 8.47. The van der Waals surface area contributed by atoms with Crippen LogP contribution in [0.4, 0.5) is 0 Å². The highest BCUT2D eigenvalue weighted by molar-refractivity contribution is 5.93. The molecule has 0 bridgehead atoms. The first-order valence-electron chi connectivity index (χ1n) is 10.9. The number of nitrogens with zero attached hydrogens (tertiary/aromatic N) is 3.